The second-order valence-corrected chi connectivity index (χ2v) is 4.26. The Morgan fingerprint density at radius 1 is 1.28 bits per heavy atom. The summed E-state index contributed by atoms with van der Waals surface area (Å²) >= 11 is 0. The summed E-state index contributed by atoms with van der Waals surface area (Å²) in [7, 11) is 0. The molecule has 3 nitrogen and oxygen atoms in total. The summed E-state index contributed by atoms with van der Waals surface area (Å²) in [5.41, 5.74) is 0.382. The Bertz CT molecular complexity index is 372. The number of benzene rings is 1. The van der Waals surface area contributed by atoms with Crippen LogP contribution in [-0.4, -0.2) is 19.8 Å². The first kappa shape index (κ1) is 14.7. The van der Waals surface area contributed by atoms with Gasteiger partial charge in [-0.1, -0.05) is 37.3 Å². The van der Waals surface area contributed by atoms with Gasteiger partial charge in [-0.25, -0.2) is 0 Å². The maximum Gasteiger partial charge on any atom is 0.134 e. The molecule has 18 heavy (non-hydrogen) atoms. The molecule has 0 saturated carbocycles. The van der Waals surface area contributed by atoms with Crippen molar-refractivity contribution in [1.29, 1.82) is 5.26 Å². The minimum Gasteiger partial charge on any atom is -0.382 e. The molecule has 1 aromatic rings. The smallest absolute Gasteiger partial charge is 0.134 e. The van der Waals surface area contributed by atoms with Gasteiger partial charge in [0.1, 0.15) is 5.54 Å². The summed E-state index contributed by atoms with van der Waals surface area (Å²) in [6.45, 7) is 6.17. The molecule has 3 heteroatoms. The Kier molecular flexibility index (Phi) is 6.42. The molecule has 0 fully saturated rings. The molecular weight excluding hydrogens is 224 g/mol. The van der Waals surface area contributed by atoms with Crippen molar-refractivity contribution in [2.45, 2.75) is 32.2 Å². The molecule has 1 N–H and O–H groups in total. The SMILES string of the molecule is CCCNC(C#N)(CCOCC)c1ccccc1. The fourth-order valence-corrected chi connectivity index (χ4v) is 1.93. The maximum atomic E-state index is 9.59. The third-order valence-corrected chi connectivity index (χ3v) is 2.96. The predicted molar refractivity (Wildman–Crippen MR) is 73.1 cm³/mol. The Balaban J connectivity index is 2.88. The van der Waals surface area contributed by atoms with Crippen LogP contribution < -0.4 is 5.32 Å². The van der Waals surface area contributed by atoms with Gasteiger partial charge in [-0.15, -0.1) is 0 Å². The number of nitriles is 1. The molecule has 98 valence electrons. The van der Waals surface area contributed by atoms with Crippen LogP contribution in [0, 0.1) is 11.3 Å². The summed E-state index contributed by atoms with van der Waals surface area (Å²) in [5, 5.41) is 13.0. The number of nitrogens with zero attached hydrogens (tertiary/aromatic N) is 1. The van der Waals surface area contributed by atoms with Crippen LogP contribution in [0.4, 0.5) is 0 Å². The Labute approximate surface area is 110 Å². The van der Waals surface area contributed by atoms with E-state index in [1.54, 1.807) is 0 Å². The molecule has 0 heterocycles. The molecule has 1 aromatic carbocycles. The molecular formula is C15H22N2O. The monoisotopic (exact) mass is 246 g/mol. The largest absolute Gasteiger partial charge is 0.382 e. The molecule has 0 amide bonds. The van der Waals surface area contributed by atoms with Crippen molar-refractivity contribution in [2.75, 3.05) is 19.8 Å². The van der Waals surface area contributed by atoms with Crippen LogP contribution in [0.1, 0.15) is 32.3 Å². The number of rotatable bonds is 8. The summed E-state index contributed by atoms with van der Waals surface area (Å²) in [6.07, 6.45) is 1.67. The lowest BCUT2D eigenvalue weighted by Gasteiger charge is -2.28. The zero-order valence-corrected chi connectivity index (χ0v) is 11.3. The van der Waals surface area contributed by atoms with Gasteiger partial charge < -0.3 is 4.74 Å². The van der Waals surface area contributed by atoms with E-state index in [9.17, 15) is 5.26 Å². The average Bonchev–Trinajstić information content (AvgIpc) is 2.44. The number of hydrogen-bond acceptors (Lipinski definition) is 3. The maximum absolute atomic E-state index is 9.59. The van der Waals surface area contributed by atoms with Gasteiger partial charge in [-0.05, 0) is 25.5 Å². The Hall–Kier alpha value is -1.37. The van der Waals surface area contributed by atoms with E-state index in [1.165, 1.54) is 0 Å². The molecule has 0 aliphatic rings. The number of hydrogen-bond donors (Lipinski definition) is 1. The van der Waals surface area contributed by atoms with Gasteiger partial charge in [-0.3, -0.25) is 5.32 Å². The van der Waals surface area contributed by atoms with Crippen molar-refractivity contribution in [3.8, 4) is 6.07 Å². The minimum absolute atomic E-state index is 0.593. The average molecular weight is 246 g/mol. The van der Waals surface area contributed by atoms with Crippen molar-refractivity contribution in [3.05, 3.63) is 35.9 Å². The lowest BCUT2D eigenvalue weighted by Crippen LogP contribution is -2.42. The van der Waals surface area contributed by atoms with E-state index in [0.29, 0.717) is 19.6 Å². The van der Waals surface area contributed by atoms with Gasteiger partial charge in [-0.2, -0.15) is 5.26 Å². The predicted octanol–water partition coefficient (Wildman–Crippen LogP) is 2.83. The van der Waals surface area contributed by atoms with Crippen molar-refractivity contribution in [2.24, 2.45) is 0 Å². The summed E-state index contributed by atoms with van der Waals surface area (Å²) in [6, 6.07) is 12.3. The van der Waals surface area contributed by atoms with E-state index < -0.39 is 5.54 Å². The number of nitrogens with one attached hydrogen (secondary N) is 1. The van der Waals surface area contributed by atoms with Gasteiger partial charge in [0.15, 0.2) is 0 Å². The Morgan fingerprint density at radius 3 is 2.56 bits per heavy atom. The fourth-order valence-electron chi connectivity index (χ4n) is 1.93. The highest BCUT2D eigenvalue weighted by Crippen LogP contribution is 2.24. The van der Waals surface area contributed by atoms with Crippen LogP contribution >= 0.6 is 0 Å². The van der Waals surface area contributed by atoms with Crippen LogP contribution in [0.25, 0.3) is 0 Å². The molecule has 0 radical (unpaired) electrons. The van der Waals surface area contributed by atoms with Gasteiger partial charge in [0.05, 0.1) is 6.07 Å². The van der Waals surface area contributed by atoms with Crippen molar-refractivity contribution in [3.63, 3.8) is 0 Å². The molecule has 0 saturated heterocycles. The second-order valence-electron chi connectivity index (χ2n) is 4.26. The first-order valence-electron chi connectivity index (χ1n) is 6.58. The van der Waals surface area contributed by atoms with Crippen LogP contribution in [0.3, 0.4) is 0 Å². The lowest BCUT2D eigenvalue weighted by molar-refractivity contribution is 0.127. The first-order valence-corrected chi connectivity index (χ1v) is 6.58. The van der Waals surface area contributed by atoms with E-state index in [4.69, 9.17) is 4.74 Å². The topological polar surface area (TPSA) is 45.0 Å². The van der Waals surface area contributed by atoms with Gasteiger partial charge >= 0.3 is 0 Å². The second kappa shape index (κ2) is 7.86. The van der Waals surface area contributed by atoms with E-state index in [2.05, 4.69) is 18.3 Å². The molecule has 0 aromatic heterocycles. The zero-order chi connectivity index (χ0) is 13.3. The van der Waals surface area contributed by atoms with E-state index in [-0.39, 0.29) is 0 Å². The third kappa shape index (κ3) is 3.83. The normalized spacial score (nSPS) is 13.8. The van der Waals surface area contributed by atoms with Gasteiger partial charge in [0.2, 0.25) is 0 Å². The molecule has 0 spiro atoms. The fraction of sp³-hybridized carbons (Fsp3) is 0.533. The van der Waals surface area contributed by atoms with Crippen molar-refractivity contribution < 1.29 is 4.74 Å². The highest BCUT2D eigenvalue weighted by atomic mass is 16.5. The van der Waals surface area contributed by atoms with Crippen LogP contribution in [0.2, 0.25) is 0 Å². The van der Waals surface area contributed by atoms with Crippen LogP contribution in [0.5, 0.6) is 0 Å². The van der Waals surface area contributed by atoms with Gasteiger partial charge in [0, 0.05) is 19.6 Å². The highest BCUT2D eigenvalue weighted by molar-refractivity contribution is 5.31. The third-order valence-electron chi connectivity index (χ3n) is 2.96. The molecule has 1 unspecified atom stereocenters. The molecule has 0 aliphatic carbocycles. The van der Waals surface area contributed by atoms with Crippen molar-refractivity contribution in [1.82, 2.24) is 5.32 Å². The Morgan fingerprint density at radius 2 is 2.00 bits per heavy atom. The van der Waals surface area contributed by atoms with E-state index in [1.807, 2.05) is 37.3 Å². The molecule has 1 atom stereocenters. The summed E-state index contributed by atoms with van der Waals surface area (Å²) < 4.78 is 5.40. The van der Waals surface area contributed by atoms with Crippen molar-refractivity contribution >= 4 is 0 Å². The highest BCUT2D eigenvalue weighted by Gasteiger charge is 2.30. The van der Waals surface area contributed by atoms with Crippen LogP contribution in [-0.2, 0) is 10.3 Å². The molecule has 0 bridgehead atoms. The van der Waals surface area contributed by atoms with Crippen LogP contribution in [0.15, 0.2) is 30.3 Å². The molecule has 0 aliphatic heterocycles. The first-order chi connectivity index (χ1) is 8.79. The summed E-state index contributed by atoms with van der Waals surface area (Å²) in [4.78, 5) is 0. The lowest BCUT2D eigenvalue weighted by atomic mass is 9.88. The van der Waals surface area contributed by atoms with E-state index >= 15 is 0 Å². The minimum atomic E-state index is -0.632. The van der Waals surface area contributed by atoms with E-state index in [0.717, 1.165) is 18.5 Å². The quantitative estimate of drug-likeness (QED) is 0.717. The standard InChI is InChI=1S/C15H22N2O/c1-3-11-17-15(13-16,10-12-18-4-2)14-8-6-5-7-9-14/h5-9,17H,3-4,10-12H2,1-2H3. The number of ether oxygens (including phenoxy) is 1. The summed E-state index contributed by atoms with van der Waals surface area (Å²) in [5.74, 6) is 0. The zero-order valence-electron chi connectivity index (χ0n) is 11.3. The van der Waals surface area contributed by atoms with Gasteiger partial charge in [0.25, 0.3) is 0 Å². The molecule has 1 rings (SSSR count).